The predicted octanol–water partition coefficient (Wildman–Crippen LogP) is 6.15. The van der Waals surface area contributed by atoms with Crippen molar-refractivity contribution in [2.75, 3.05) is 19.6 Å². The smallest absolute Gasteiger partial charge is 0.311 e. The summed E-state index contributed by atoms with van der Waals surface area (Å²) in [7, 11) is 0. The molecule has 2 saturated heterocycles. The molecule has 2 fully saturated rings. The zero-order chi connectivity index (χ0) is 23.1. The SMILES string of the molecule is Cc1cc(OCc2ccccc2Br)c(C)c2c1CCC1C(CN3CCC(C)CC3)C(=O)O[C@@H]21. The first-order valence-electron chi connectivity index (χ1n) is 12.3. The molecule has 3 atom stereocenters. The molecule has 0 aromatic heterocycles. The number of hydrogen-bond donors (Lipinski definition) is 0. The number of carbonyl (C=O) groups excluding carboxylic acids is 1. The number of fused-ring (bicyclic) bond motifs is 3. The van der Waals surface area contributed by atoms with Crippen molar-refractivity contribution in [2.24, 2.45) is 17.8 Å². The predicted molar refractivity (Wildman–Crippen MR) is 133 cm³/mol. The zero-order valence-electron chi connectivity index (χ0n) is 19.9. The highest BCUT2D eigenvalue weighted by Crippen LogP contribution is 2.50. The lowest BCUT2D eigenvalue weighted by atomic mass is 9.74. The molecule has 1 aliphatic carbocycles. The summed E-state index contributed by atoms with van der Waals surface area (Å²) in [5, 5.41) is 0. The molecule has 2 aliphatic heterocycles. The summed E-state index contributed by atoms with van der Waals surface area (Å²) in [5.74, 6) is 1.94. The monoisotopic (exact) mass is 511 g/mol. The summed E-state index contributed by atoms with van der Waals surface area (Å²) in [4.78, 5) is 15.5. The van der Waals surface area contributed by atoms with Crippen LogP contribution in [0.15, 0.2) is 34.8 Å². The van der Waals surface area contributed by atoms with Crippen molar-refractivity contribution in [3.05, 3.63) is 62.6 Å². The molecular weight excluding hydrogens is 478 g/mol. The Hall–Kier alpha value is -1.85. The van der Waals surface area contributed by atoms with Gasteiger partial charge in [0.05, 0.1) is 5.92 Å². The van der Waals surface area contributed by atoms with E-state index in [0.29, 0.717) is 6.61 Å². The first-order chi connectivity index (χ1) is 15.9. The minimum absolute atomic E-state index is 0.00642. The number of ether oxygens (including phenoxy) is 2. The Morgan fingerprint density at radius 2 is 1.91 bits per heavy atom. The van der Waals surface area contributed by atoms with Gasteiger partial charge in [0.15, 0.2) is 0 Å². The molecule has 2 aromatic carbocycles. The number of aryl methyl sites for hydroxylation is 1. The van der Waals surface area contributed by atoms with Gasteiger partial charge in [-0.1, -0.05) is 41.1 Å². The molecule has 176 valence electrons. The van der Waals surface area contributed by atoms with Gasteiger partial charge in [0, 0.05) is 28.1 Å². The van der Waals surface area contributed by atoms with E-state index in [1.807, 2.05) is 18.2 Å². The zero-order valence-corrected chi connectivity index (χ0v) is 21.5. The molecule has 2 heterocycles. The second-order valence-corrected chi connectivity index (χ2v) is 11.1. The van der Waals surface area contributed by atoms with E-state index in [9.17, 15) is 4.79 Å². The van der Waals surface area contributed by atoms with Crippen molar-refractivity contribution in [1.29, 1.82) is 0 Å². The molecule has 0 bridgehead atoms. The van der Waals surface area contributed by atoms with E-state index in [2.05, 4.69) is 53.7 Å². The second kappa shape index (κ2) is 9.42. The van der Waals surface area contributed by atoms with Crippen LogP contribution < -0.4 is 4.74 Å². The standard InChI is InChI=1S/C28H34BrNO3/c1-17-10-12-30(13-11-17)15-23-22-9-8-21-18(2)14-25(19(3)26(21)27(22)33-28(23)31)32-16-20-6-4-5-7-24(20)29/h4-7,14,17,22-23,27H,8-13,15-16H2,1-3H3/t22?,23?,27-/m1/s1. The topological polar surface area (TPSA) is 38.8 Å². The van der Waals surface area contributed by atoms with Gasteiger partial charge in [0.2, 0.25) is 0 Å². The van der Waals surface area contributed by atoms with Crippen LogP contribution in [-0.4, -0.2) is 30.5 Å². The highest BCUT2D eigenvalue weighted by Gasteiger charge is 2.49. The third kappa shape index (κ3) is 4.46. The fraction of sp³-hybridized carbons (Fsp3) is 0.536. The fourth-order valence-electron chi connectivity index (χ4n) is 5.96. The van der Waals surface area contributed by atoms with Crippen LogP contribution >= 0.6 is 15.9 Å². The van der Waals surface area contributed by atoms with Gasteiger partial charge < -0.3 is 14.4 Å². The molecule has 3 aliphatic rings. The van der Waals surface area contributed by atoms with Gasteiger partial charge in [-0.05, 0) is 87.4 Å². The summed E-state index contributed by atoms with van der Waals surface area (Å²) >= 11 is 3.62. The van der Waals surface area contributed by atoms with Gasteiger partial charge in [-0.15, -0.1) is 0 Å². The summed E-state index contributed by atoms with van der Waals surface area (Å²) < 4.78 is 13.5. The molecule has 2 aromatic rings. The number of hydrogen-bond acceptors (Lipinski definition) is 4. The lowest BCUT2D eigenvalue weighted by molar-refractivity contribution is -0.145. The third-order valence-corrected chi connectivity index (χ3v) is 8.83. The average molecular weight is 512 g/mol. The summed E-state index contributed by atoms with van der Waals surface area (Å²) in [6.45, 7) is 10.2. The number of halogens is 1. The Kier molecular flexibility index (Phi) is 6.54. The molecule has 0 amide bonds. The van der Waals surface area contributed by atoms with E-state index < -0.39 is 0 Å². The maximum absolute atomic E-state index is 13.0. The number of benzene rings is 2. The first kappa shape index (κ1) is 22.9. The Balaban J connectivity index is 1.38. The van der Waals surface area contributed by atoms with Crippen LogP contribution in [0.25, 0.3) is 0 Å². The normalized spacial score (nSPS) is 25.5. The fourth-order valence-corrected chi connectivity index (χ4v) is 6.36. The molecule has 5 rings (SSSR count). The van der Waals surface area contributed by atoms with Gasteiger partial charge >= 0.3 is 5.97 Å². The van der Waals surface area contributed by atoms with Crippen LogP contribution in [0.1, 0.15) is 60.1 Å². The van der Waals surface area contributed by atoms with E-state index in [4.69, 9.17) is 9.47 Å². The second-order valence-electron chi connectivity index (χ2n) is 10.2. The first-order valence-corrected chi connectivity index (χ1v) is 13.1. The van der Waals surface area contributed by atoms with Gasteiger partial charge in [-0.25, -0.2) is 0 Å². The van der Waals surface area contributed by atoms with Crippen molar-refractivity contribution < 1.29 is 14.3 Å². The van der Waals surface area contributed by atoms with Crippen molar-refractivity contribution >= 4 is 21.9 Å². The lowest BCUT2D eigenvalue weighted by Crippen LogP contribution is -2.39. The van der Waals surface area contributed by atoms with Crippen LogP contribution in [0, 0.1) is 31.6 Å². The number of carbonyl (C=O) groups is 1. The van der Waals surface area contributed by atoms with E-state index in [-0.39, 0.29) is 23.9 Å². The molecular formula is C28H34BrNO3. The molecule has 0 spiro atoms. The Labute approximate surface area is 205 Å². The minimum Gasteiger partial charge on any atom is -0.489 e. The highest BCUT2D eigenvalue weighted by molar-refractivity contribution is 9.10. The van der Waals surface area contributed by atoms with Crippen LogP contribution in [0.2, 0.25) is 0 Å². The minimum atomic E-state index is -0.138. The number of piperidine rings is 1. The van der Waals surface area contributed by atoms with Gasteiger partial charge in [0.1, 0.15) is 18.5 Å². The molecule has 0 radical (unpaired) electrons. The van der Waals surface area contributed by atoms with Crippen LogP contribution in [-0.2, 0) is 22.6 Å². The lowest BCUT2D eigenvalue weighted by Gasteiger charge is -2.35. The number of rotatable bonds is 5. The Morgan fingerprint density at radius 3 is 2.67 bits per heavy atom. The van der Waals surface area contributed by atoms with Crippen molar-refractivity contribution in [3.63, 3.8) is 0 Å². The largest absolute Gasteiger partial charge is 0.489 e. The average Bonchev–Trinajstić information content (AvgIpc) is 3.12. The molecule has 33 heavy (non-hydrogen) atoms. The molecule has 5 heteroatoms. The van der Waals surface area contributed by atoms with Crippen molar-refractivity contribution in [3.8, 4) is 5.75 Å². The van der Waals surface area contributed by atoms with E-state index in [1.165, 1.54) is 29.5 Å². The maximum atomic E-state index is 13.0. The molecule has 2 unspecified atom stereocenters. The number of likely N-dealkylation sites (tertiary alicyclic amines) is 1. The number of esters is 1. The number of nitrogens with zero attached hydrogens (tertiary/aromatic N) is 1. The Bertz CT molecular complexity index is 1040. The maximum Gasteiger partial charge on any atom is 0.311 e. The quantitative estimate of drug-likeness (QED) is 0.451. The van der Waals surface area contributed by atoms with Crippen molar-refractivity contribution in [1.82, 2.24) is 4.90 Å². The van der Waals surface area contributed by atoms with Gasteiger partial charge in [-0.2, -0.15) is 0 Å². The van der Waals surface area contributed by atoms with Gasteiger partial charge in [0.25, 0.3) is 0 Å². The van der Waals surface area contributed by atoms with Gasteiger partial charge in [-0.3, -0.25) is 4.79 Å². The Morgan fingerprint density at radius 1 is 1.15 bits per heavy atom. The van der Waals surface area contributed by atoms with Crippen LogP contribution in [0.5, 0.6) is 5.75 Å². The summed E-state index contributed by atoms with van der Waals surface area (Å²) in [6.07, 6.45) is 4.36. The summed E-state index contributed by atoms with van der Waals surface area (Å²) in [5.41, 5.74) is 6.03. The molecule has 0 saturated carbocycles. The van der Waals surface area contributed by atoms with E-state index in [1.54, 1.807) is 0 Å². The van der Waals surface area contributed by atoms with Crippen molar-refractivity contribution in [2.45, 2.75) is 59.2 Å². The highest BCUT2D eigenvalue weighted by atomic mass is 79.9. The molecule has 4 nitrogen and oxygen atoms in total. The third-order valence-electron chi connectivity index (χ3n) is 8.06. The molecule has 0 N–H and O–H groups in total. The van der Waals surface area contributed by atoms with E-state index in [0.717, 1.165) is 59.7 Å². The van der Waals surface area contributed by atoms with Crippen LogP contribution in [0.3, 0.4) is 0 Å². The van der Waals surface area contributed by atoms with E-state index >= 15 is 0 Å². The summed E-state index contributed by atoms with van der Waals surface area (Å²) in [6, 6.07) is 10.3. The van der Waals surface area contributed by atoms with Crippen LogP contribution in [0.4, 0.5) is 0 Å².